The van der Waals surface area contributed by atoms with Crippen molar-refractivity contribution in [2.75, 3.05) is 24.7 Å². The molecule has 0 spiro atoms. The second kappa shape index (κ2) is 8.41. The fourth-order valence-corrected chi connectivity index (χ4v) is 3.60. The number of nitrogens with zero attached hydrogens (tertiary/aromatic N) is 2. The summed E-state index contributed by atoms with van der Waals surface area (Å²) in [5.74, 6) is -0.216. The minimum atomic E-state index is -0.439. The van der Waals surface area contributed by atoms with Crippen LogP contribution in [0.3, 0.4) is 0 Å². The van der Waals surface area contributed by atoms with E-state index in [4.69, 9.17) is 0 Å². The van der Waals surface area contributed by atoms with E-state index in [1.54, 1.807) is 12.1 Å². The Morgan fingerprint density at radius 3 is 2.32 bits per heavy atom. The molecular formula is C24H22N4O3. The number of carbonyl (C=O) groups is 1. The van der Waals surface area contributed by atoms with Gasteiger partial charge in [-0.1, -0.05) is 30.3 Å². The van der Waals surface area contributed by atoms with Crippen LogP contribution in [0.15, 0.2) is 72.8 Å². The molecule has 0 fully saturated rings. The number of carbonyl (C=O) groups excluding carboxylic acids is 1. The minimum Gasteiger partial charge on any atom is -0.354 e. The van der Waals surface area contributed by atoms with Crippen molar-refractivity contribution in [2.24, 2.45) is 0 Å². The number of fused-ring (bicyclic) bond motifs is 1. The Balaban J connectivity index is 1.79. The molecule has 4 rings (SSSR count). The lowest BCUT2D eigenvalue weighted by atomic mass is 9.99. The average molecular weight is 414 g/mol. The standard InChI is InChI=1S/C24H22N4O3/c1-27(2)15-16-7-11-18(12-8-16)25-23(17-9-13-19(14-10-17)28(30)31)22-20-5-3-4-6-21(20)26-24(22)29/h3-14,25H,15H2,1-2H3,(H,26,29)/b23-22-. The molecule has 0 bridgehead atoms. The largest absolute Gasteiger partial charge is 0.354 e. The molecule has 0 atom stereocenters. The SMILES string of the molecule is CN(C)Cc1ccc(N/C(=C2\C(=O)Nc3ccccc32)c2ccc([N+](=O)[O-])cc2)cc1. The molecule has 31 heavy (non-hydrogen) atoms. The Labute approximate surface area is 180 Å². The third kappa shape index (κ3) is 4.31. The molecule has 0 saturated carbocycles. The molecule has 156 valence electrons. The zero-order chi connectivity index (χ0) is 22.0. The molecule has 0 aromatic heterocycles. The van der Waals surface area contributed by atoms with Crippen molar-refractivity contribution in [2.45, 2.75) is 6.54 Å². The maximum atomic E-state index is 12.9. The van der Waals surface area contributed by atoms with Gasteiger partial charge in [-0.05, 0) is 55.6 Å². The Kier molecular flexibility index (Phi) is 5.51. The summed E-state index contributed by atoms with van der Waals surface area (Å²) < 4.78 is 0. The van der Waals surface area contributed by atoms with Crippen LogP contribution in [0.4, 0.5) is 17.1 Å². The minimum absolute atomic E-state index is 0.00240. The summed E-state index contributed by atoms with van der Waals surface area (Å²) in [7, 11) is 4.03. The maximum Gasteiger partial charge on any atom is 0.269 e. The van der Waals surface area contributed by atoms with Crippen molar-refractivity contribution in [3.05, 3.63) is 99.6 Å². The van der Waals surface area contributed by atoms with Crippen molar-refractivity contribution in [3.8, 4) is 0 Å². The fraction of sp³-hybridized carbons (Fsp3) is 0.125. The van der Waals surface area contributed by atoms with Crippen molar-refractivity contribution < 1.29 is 9.72 Å². The van der Waals surface area contributed by atoms with E-state index in [-0.39, 0.29) is 11.6 Å². The van der Waals surface area contributed by atoms with Crippen LogP contribution in [0.25, 0.3) is 11.3 Å². The van der Waals surface area contributed by atoms with E-state index >= 15 is 0 Å². The highest BCUT2D eigenvalue weighted by Crippen LogP contribution is 2.37. The summed E-state index contributed by atoms with van der Waals surface area (Å²) in [4.78, 5) is 25.6. The Bertz CT molecular complexity index is 1170. The van der Waals surface area contributed by atoms with Crippen LogP contribution in [-0.2, 0) is 11.3 Å². The Morgan fingerprint density at radius 2 is 1.68 bits per heavy atom. The summed E-state index contributed by atoms with van der Waals surface area (Å²) in [6.45, 7) is 0.826. The van der Waals surface area contributed by atoms with Crippen LogP contribution in [0.1, 0.15) is 16.7 Å². The van der Waals surface area contributed by atoms with Crippen molar-refractivity contribution in [1.82, 2.24) is 4.90 Å². The van der Waals surface area contributed by atoms with Crippen LogP contribution in [0, 0.1) is 10.1 Å². The van der Waals surface area contributed by atoms with Gasteiger partial charge in [0.15, 0.2) is 0 Å². The lowest BCUT2D eigenvalue weighted by Gasteiger charge is -2.16. The molecular weight excluding hydrogens is 392 g/mol. The summed E-state index contributed by atoms with van der Waals surface area (Å²) in [6, 6.07) is 21.7. The molecule has 2 N–H and O–H groups in total. The van der Waals surface area contributed by atoms with E-state index in [0.29, 0.717) is 16.8 Å². The van der Waals surface area contributed by atoms with E-state index < -0.39 is 4.92 Å². The summed E-state index contributed by atoms with van der Waals surface area (Å²) in [6.07, 6.45) is 0. The number of hydrogen-bond acceptors (Lipinski definition) is 5. The van der Waals surface area contributed by atoms with E-state index in [2.05, 4.69) is 15.5 Å². The molecule has 1 aliphatic rings. The van der Waals surface area contributed by atoms with E-state index in [0.717, 1.165) is 23.5 Å². The molecule has 0 aliphatic carbocycles. The molecule has 0 saturated heterocycles. The van der Waals surface area contributed by atoms with Crippen molar-refractivity contribution in [1.29, 1.82) is 0 Å². The van der Waals surface area contributed by atoms with Crippen molar-refractivity contribution in [3.63, 3.8) is 0 Å². The molecule has 1 aliphatic heterocycles. The van der Waals surface area contributed by atoms with Gasteiger partial charge in [0.2, 0.25) is 0 Å². The first kappa shape index (κ1) is 20.3. The number of anilines is 2. The van der Waals surface area contributed by atoms with Crippen LogP contribution >= 0.6 is 0 Å². The van der Waals surface area contributed by atoms with Gasteiger partial charge >= 0.3 is 0 Å². The monoisotopic (exact) mass is 414 g/mol. The predicted octanol–water partition coefficient (Wildman–Crippen LogP) is 4.59. The number of para-hydroxylation sites is 1. The third-order valence-electron chi connectivity index (χ3n) is 5.01. The number of rotatable bonds is 6. The van der Waals surface area contributed by atoms with Crippen molar-refractivity contribution >= 4 is 34.2 Å². The van der Waals surface area contributed by atoms with Gasteiger partial charge in [-0.3, -0.25) is 14.9 Å². The molecule has 3 aromatic rings. The maximum absolute atomic E-state index is 12.9. The summed E-state index contributed by atoms with van der Waals surface area (Å²) in [5.41, 5.74) is 5.30. The number of nitrogens with one attached hydrogen (secondary N) is 2. The number of non-ortho nitro benzene ring substituents is 1. The fourth-order valence-electron chi connectivity index (χ4n) is 3.60. The molecule has 3 aromatic carbocycles. The zero-order valence-corrected chi connectivity index (χ0v) is 17.3. The van der Waals surface area contributed by atoms with Gasteiger partial charge in [-0.15, -0.1) is 0 Å². The quantitative estimate of drug-likeness (QED) is 0.350. The first-order valence-corrected chi connectivity index (χ1v) is 9.83. The summed E-state index contributed by atoms with van der Waals surface area (Å²) >= 11 is 0. The molecule has 1 heterocycles. The number of nitro benzene ring substituents is 1. The molecule has 0 unspecified atom stereocenters. The zero-order valence-electron chi connectivity index (χ0n) is 17.3. The molecule has 7 nitrogen and oxygen atoms in total. The second-order valence-electron chi connectivity index (χ2n) is 7.61. The van der Waals surface area contributed by atoms with Gasteiger partial charge in [0.05, 0.1) is 16.2 Å². The number of amides is 1. The van der Waals surface area contributed by atoms with Gasteiger partial charge < -0.3 is 15.5 Å². The number of benzene rings is 3. The average Bonchev–Trinajstić information content (AvgIpc) is 3.08. The highest BCUT2D eigenvalue weighted by Gasteiger charge is 2.28. The highest BCUT2D eigenvalue weighted by atomic mass is 16.6. The first-order chi connectivity index (χ1) is 14.9. The van der Waals surface area contributed by atoms with Crippen LogP contribution in [-0.4, -0.2) is 29.8 Å². The Hall–Kier alpha value is -3.97. The molecule has 0 radical (unpaired) electrons. The van der Waals surface area contributed by atoms with E-state index in [1.807, 2.05) is 62.6 Å². The lowest BCUT2D eigenvalue weighted by Crippen LogP contribution is -2.11. The van der Waals surface area contributed by atoms with Gasteiger partial charge in [0.25, 0.3) is 11.6 Å². The Morgan fingerprint density at radius 1 is 1.00 bits per heavy atom. The normalized spacial score (nSPS) is 14.2. The summed E-state index contributed by atoms with van der Waals surface area (Å²) in [5, 5.41) is 17.3. The third-order valence-corrected chi connectivity index (χ3v) is 5.01. The number of nitro groups is 1. The lowest BCUT2D eigenvalue weighted by molar-refractivity contribution is -0.384. The van der Waals surface area contributed by atoms with Crippen LogP contribution in [0.2, 0.25) is 0 Å². The van der Waals surface area contributed by atoms with Gasteiger partial charge in [0.1, 0.15) is 0 Å². The first-order valence-electron chi connectivity index (χ1n) is 9.83. The number of hydrogen-bond donors (Lipinski definition) is 2. The topological polar surface area (TPSA) is 87.5 Å². The molecule has 1 amide bonds. The van der Waals surface area contributed by atoms with E-state index in [9.17, 15) is 14.9 Å². The van der Waals surface area contributed by atoms with Crippen LogP contribution < -0.4 is 10.6 Å². The van der Waals surface area contributed by atoms with E-state index in [1.165, 1.54) is 17.7 Å². The highest BCUT2D eigenvalue weighted by molar-refractivity contribution is 6.37. The van der Waals surface area contributed by atoms with Gasteiger partial charge in [0, 0.05) is 35.6 Å². The van der Waals surface area contributed by atoms with Crippen LogP contribution in [0.5, 0.6) is 0 Å². The van der Waals surface area contributed by atoms with Gasteiger partial charge in [-0.25, -0.2) is 0 Å². The van der Waals surface area contributed by atoms with Gasteiger partial charge in [-0.2, -0.15) is 0 Å². The smallest absolute Gasteiger partial charge is 0.269 e. The predicted molar refractivity (Wildman–Crippen MR) is 122 cm³/mol. The second-order valence-corrected chi connectivity index (χ2v) is 7.61. The molecule has 7 heteroatoms.